The minimum absolute atomic E-state index is 0.0818. The molecule has 0 radical (unpaired) electrons. The molecule has 0 unspecified atom stereocenters. The zero-order chi connectivity index (χ0) is 24.3. The predicted molar refractivity (Wildman–Crippen MR) is 134 cm³/mol. The Hall–Kier alpha value is -2.68. The highest BCUT2D eigenvalue weighted by atomic mass is 35.5. The topological polar surface area (TPSA) is 84.4 Å². The number of para-hydroxylation sites is 1. The van der Waals surface area contributed by atoms with Crippen molar-refractivity contribution in [2.45, 2.75) is 38.2 Å². The number of likely N-dealkylation sites (tertiary alicyclic amines) is 1. The SMILES string of the molecule is CC(C)(Oc1ccccc1Cl)C(=O)N1CCC(c2nc(C(=O)Nc3ccc(Cl)nc3)cs2)CC1. The predicted octanol–water partition coefficient (Wildman–Crippen LogP) is 5.66. The van der Waals surface area contributed by atoms with Crippen molar-refractivity contribution in [3.63, 3.8) is 0 Å². The number of carbonyl (C=O) groups is 2. The lowest BCUT2D eigenvalue weighted by Gasteiger charge is -2.36. The van der Waals surface area contributed by atoms with E-state index in [1.54, 1.807) is 43.5 Å². The van der Waals surface area contributed by atoms with Gasteiger partial charge in [0.05, 0.1) is 21.9 Å². The molecule has 34 heavy (non-hydrogen) atoms. The van der Waals surface area contributed by atoms with Gasteiger partial charge in [-0.25, -0.2) is 9.97 Å². The van der Waals surface area contributed by atoms with Crippen molar-refractivity contribution in [3.05, 3.63) is 68.9 Å². The molecule has 1 aliphatic rings. The number of thiazole rings is 1. The molecule has 2 aromatic heterocycles. The summed E-state index contributed by atoms with van der Waals surface area (Å²) in [5, 5.41) is 6.26. The Kier molecular flexibility index (Phi) is 7.40. The minimum atomic E-state index is -1.04. The summed E-state index contributed by atoms with van der Waals surface area (Å²) in [6.45, 7) is 4.70. The first-order valence-corrected chi connectivity index (χ1v) is 12.5. The van der Waals surface area contributed by atoms with E-state index >= 15 is 0 Å². The minimum Gasteiger partial charge on any atom is -0.476 e. The number of anilines is 1. The first-order chi connectivity index (χ1) is 16.2. The summed E-state index contributed by atoms with van der Waals surface area (Å²) in [6.07, 6.45) is 3.03. The fourth-order valence-corrected chi connectivity index (χ4v) is 5.04. The molecule has 4 rings (SSSR count). The lowest BCUT2D eigenvalue weighted by Crippen LogP contribution is -2.51. The number of rotatable bonds is 6. The number of ether oxygens (including phenoxy) is 1. The van der Waals surface area contributed by atoms with Crippen LogP contribution < -0.4 is 10.1 Å². The Morgan fingerprint density at radius 1 is 1.15 bits per heavy atom. The molecule has 1 aromatic carbocycles. The van der Waals surface area contributed by atoms with Crippen molar-refractivity contribution in [2.24, 2.45) is 0 Å². The van der Waals surface area contributed by atoms with Crippen LogP contribution in [0.3, 0.4) is 0 Å². The van der Waals surface area contributed by atoms with Gasteiger partial charge in [-0.2, -0.15) is 0 Å². The highest BCUT2D eigenvalue weighted by molar-refractivity contribution is 7.10. The van der Waals surface area contributed by atoms with Gasteiger partial charge in [-0.1, -0.05) is 35.3 Å². The van der Waals surface area contributed by atoms with E-state index in [0.717, 1.165) is 17.8 Å². The molecule has 7 nitrogen and oxygen atoms in total. The van der Waals surface area contributed by atoms with Crippen molar-refractivity contribution in [1.29, 1.82) is 0 Å². The summed E-state index contributed by atoms with van der Waals surface area (Å²) in [5.74, 6) is 0.306. The van der Waals surface area contributed by atoms with Crippen molar-refractivity contribution in [1.82, 2.24) is 14.9 Å². The fourth-order valence-electron chi connectivity index (χ4n) is 3.78. The molecule has 3 aromatic rings. The fraction of sp³-hybridized carbons (Fsp3) is 0.333. The van der Waals surface area contributed by atoms with Crippen LogP contribution in [0.25, 0.3) is 0 Å². The Morgan fingerprint density at radius 3 is 2.56 bits per heavy atom. The second kappa shape index (κ2) is 10.3. The molecule has 1 N–H and O–H groups in total. The Labute approximate surface area is 212 Å². The van der Waals surface area contributed by atoms with Gasteiger partial charge in [0.1, 0.15) is 16.6 Å². The second-order valence-corrected chi connectivity index (χ2v) is 10.2. The number of aromatic nitrogens is 2. The number of piperidine rings is 1. The lowest BCUT2D eigenvalue weighted by atomic mass is 9.96. The number of nitrogens with zero attached hydrogens (tertiary/aromatic N) is 3. The molecule has 2 amide bonds. The number of hydrogen-bond acceptors (Lipinski definition) is 6. The van der Waals surface area contributed by atoms with Gasteiger partial charge in [-0.3, -0.25) is 9.59 Å². The Bertz CT molecular complexity index is 1170. The van der Waals surface area contributed by atoms with Crippen LogP contribution in [-0.4, -0.2) is 45.4 Å². The summed E-state index contributed by atoms with van der Waals surface area (Å²) in [6, 6.07) is 10.4. The number of halogens is 2. The molecule has 0 atom stereocenters. The van der Waals surface area contributed by atoms with Crippen LogP contribution in [0.4, 0.5) is 5.69 Å². The average molecular weight is 519 g/mol. The van der Waals surface area contributed by atoms with Crippen LogP contribution in [0.15, 0.2) is 48.0 Å². The van der Waals surface area contributed by atoms with Crippen molar-refractivity contribution in [3.8, 4) is 5.75 Å². The quantitative estimate of drug-likeness (QED) is 0.425. The number of benzene rings is 1. The largest absolute Gasteiger partial charge is 0.476 e. The van der Waals surface area contributed by atoms with Gasteiger partial charge in [0.15, 0.2) is 5.60 Å². The summed E-state index contributed by atoms with van der Waals surface area (Å²) in [5.41, 5.74) is -0.124. The van der Waals surface area contributed by atoms with Gasteiger partial charge in [0, 0.05) is 24.4 Å². The van der Waals surface area contributed by atoms with Gasteiger partial charge in [0.2, 0.25) is 0 Å². The smallest absolute Gasteiger partial charge is 0.275 e. The number of hydrogen-bond donors (Lipinski definition) is 1. The molecular formula is C24H24Cl2N4O3S. The maximum atomic E-state index is 13.1. The van der Waals surface area contributed by atoms with E-state index in [2.05, 4.69) is 15.3 Å². The van der Waals surface area contributed by atoms with Crippen LogP contribution in [0, 0.1) is 0 Å². The van der Waals surface area contributed by atoms with Crippen LogP contribution >= 0.6 is 34.5 Å². The molecule has 1 fully saturated rings. The van der Waals surface area contributed by atoms with Gasteiger partial charge in [0.25, 0.3) is 11.8 Å². The number of pyridine rings is 1. The van der Waals surface area contributed by atoms with Crippen molar-refractivity contribution < 1.29 is 14.3 Å². The number of amides is 2. The highest BCUT2D eigenvalue weighted by Crippen LogP contribution is 2.33. The molecule has 1 aliphatic heterocycles. The average Bonchev–Trinajstić information content (AvgIpc) is 3.32. The van der Waals surface area contributed by atoms with E-state index in [4.69, 9.17) is 27.9 Å². The van der Waals surface area contributed by atoms with Crippen LogP contribution in [0.2, 0.25) is 10.2 Å². The van der Waals surface area contributed by atoms with Gasteiger partial charge >= 0.3 is 0 Å². The van der Waals surface area contributed by atoms with E-state index in [1.807, 2.05) is 17.0 Å². The number of carbonyl (C=O) groups excluding carboxylic acids is 2. The van der Waals surface area contributed by atoms with E-state index < -0.39 is 5.60 Å². The molecule has 178 valence electrons. The number of nitrogens with one attached hydrogen (secondary N) is 1. The van der Waals surface area contributed by atoms with Crippen LogP contribution in [0.5, 0.6) is 5.75 Å². The molecule has 3 heterocycles. The maximum absolute atomic E-state index is 13.1. The zero-order valence-corrected chi connectivity index (χ0v) is 21.1. The Morgan fingerprint density at radius 2 is 1.88 bits per heavy atom. The standard InChI is InChI=1S/C24H24Cl2N4O3S/c1-24(2,33-19-6-4-3-5-17(19)25)23(32)30-11-9-15(10-12-30)22-29-18(14-34-22)21(31)28-16-7-8-20(26)27-13-16/h3-8,13-15H,9-12H2,1-2H3,(H,28,31). The first kappa shape index (κ1) is 24.4. The van der Waals surface area contributed by atoms with Crippen LogP contribution in [0.1, 0.15) is 48.1 Å². The summed E-state index contributed by atoms with van der Waals surface area (Å²) in [4.78, 5) is 36.0. The van der Waals surface area contributed by atoms with E-state index in [0.29, 0.717) is 40.4 Å². The molecule has 10 heteroatoms. The third kappa shape index (κ3) is 5.68. The summed E-state index contributed by atoms with van der Waals surface area (Å²) < 4.78 is 5.95. The van der Waals surface area contributed by atoms with Gasteiger partial charge in [-0.15, -0.1) is 11.3 Å². The normalized spacial score (nSPS) is 14.6. The van der Waals surface area contributed by atoms with Gasteiger partial charge in [-0.05, 0) is 51.0 Å². The zero-order valence-electron chi connectivity index (χ0n) is 18.8. The molecular weight excluding hydrogens is 495 g/mol. The molecule has 0 bridgehead atoms. The second-order valence-electron chi connectivity index (χ2n) is 8.50. The van der Waals surface area contributed by atoms with Crippen molar-refractivity contribution in [2.75, 3.05) is 18.4 Å². The summed E-state index contributed by atoms with van der Waals surface area (Å²) in [7, 11) is 0. The first-order valence-electron chi connectivity index (χ1n) is 10.8. The third-order valence-corrected chi connectivity index (χ3v) is 7.13. The third-order valence-electron chi connectivity index (χ3n) is 5.59. The maximum Gasteiger partial charge on any atom is 0.275 e. The summed E-state index contributed by atoms with van der Waals surface area (Å²) >= 11 is 13.4. The van der Waals surface area contributed by atoms with E-state index in [9.17, 15) is 9.59 Å². The molecule has 1 saturated heterocycles. The van der Waals surface area contributed by atoms with Crippen molar-refractivity contribution >= 4 is 52.0 Å². The monoisotopic (exact) mass is 518 g/mol. The molecule has 0 aliphatic carbocycles. The lowest BCUT2D eigenvalue weighted by molar-refractivity contribution is -0.146. The van der Waals surface area contributed by atoms with Crippen LogP contribution in [-0.2, 0) is 4.79 Å². The molecule has 0 saturated carbocycles. The highest BCUT2D eigenvalue weighted by Gasteiger charge is 2.37. The van der Waals surface area contributed by atoms with Gasteiger partial charge < -0.3 is 15.0 Å². The Balaban J connectivity index is 1.33. The van der Waals surface area contributed by atoms with E-state index in [1.165, 1.54) is 17.5 Å². The molecule has 0 spiro atoms. The van der Waals surface area contributed by atoms with E-state index in [-0.39, 0.29) is 17.7 Å².